The summed E-state index contributed by atoms with van der Waals surface area (Å²) in [5.74, 6) is 0. The minimum atomic E-state index is -1.85. The Labute approximate surface area is 137 Å². The van der Waals surface area contributed by atoms with Gasteiger partial charge in [-0.3, -0.25) is 0 Å². The van der Waals surface area contributed by atoms with Crippen molar-refractivity contribution in [3.63, 3.8) is 0 Å². The Morgan fingerprint density at radius 3 is 1.24 bits per heavy atom. The van der Waals surface area contributed by atoms with Crippen LogP contribution in [0.4, 0.5) is 0 Å². The monoisotopic (exact) mass is 344 g/mol. The molecule has 0 saturated carbocycles. The maximum Gasteiger partial charge on any atom is 0.212 e. The summed E-state index contributed by atoms with van der Waals surface area (Å²) in [5.41, 5.74) is 2.24. The number of hydrogen-bond donors (Lipinski definition) is 2. The van der Waals surface area contributed by atoms with Gasteiger partial charge in [0.1, 0.15) is 16.5 Å². The Balaban J connectivity index is 5.54. The van der Waals surface area contributed by atoms with E-state index < -0.39 is 24.9 Å². The van der Waals surface area contributed by atoms with E-state index in [-0.39, 0.29) is 0 Å². The zero-order valence-corrected chi connectivity index (χ0v) is 19.5. The predicted molar refractivity (Wildman–Crippen MR) is 107 cm³/mol. The molecule has 0 aromatic rings. The van der Waals surface area contributed by atoms with E-state index in [9.17, 15) is 0 Å². The second-order valence-electron chi connectivity index (χ2n) is 9.53. The lowest BCUT2D eigenvalue weighted by atomic mass is 10.2. The van der Waals surface area contributed by atoms with Crippen LogP contribution >= 0.6 is 0 Å². The first-order valence-electron chi connectivity index (χ1n) is 8.26. The normalized spacial score (nSPS) is 15.2. The Morgan fingerprint density at radius 2 is 1.10 bits per heavy atom. The summed E-state index contributed by atoms with van der Waals surface area (Å²) in [4.78, 5) is 0. The molecule has 0 heterocycles. The summed E-state index contributed by atoms with van der Waals surface area (Å²) in [5, 5.41) is 0.692. The largest absolute Gasteiger partial charge is 0.344 e. The van der Waals surface area contributed by atoms with Crippen LogP contribution in [0.5, 0.6) is 0 Å². The molecule has 2 N–H and O–H groups in total. The van der Waals surface area contributed by atoms with Gasteiger partial charge in [-0.15, -0.1) is 6.58 Å². The number of rotatable bonds is 6. The zero-order valence-electron chi connectivity index (χ0n) is 16.5. The smallest absolute Gasteiger partial charge is 0.212 e. The highest BCUT2D eigenvalue weighted by atomic mass is 28.4. The Kier molecular flexibility index (Phi) is 6.53. The van der Waals surface area contributed by atoms with E-state index in [0.29, 0.717) is 10.1 Å². The summed E-state index contributed by atoms with van der Waals surface area (Å²) in [6.45, 7) is 30.6. The third-order valence-electron chi connectivity index (χ3n) is 5.73. The molecule has 0 spiro atoms. The van der Waals surface area contributed by atoms with Crippen LogP contribution in [0.3, 0.4) is 0 Å². The second-order valence-corrected chi connectivity index (χ2v) is 24.1. The van der Waals surface area contributed by atoms with Gasteiger partial charge in [0.15, 0.2) is 0 Å². The third kappa shape index (κ3) is 5.16. The average Bonchev–Trinajstić information content (AvgIpc) is 2.24. The molecule has 5 heteroatoms. The van der Waals surface area contributed by atoms with E-state index in [2.05, 4.69) is 96.2 Å². The van der Waals surface area contributed by atoms with Gasteiger partial charge in [0.2, 0.25) is 8.40 Å². The summed E-state index contributed by atoms with van der Waals surface area (Å²) >= 11 is 0. The van der Waals surface area contributed by atoms with Gasteiger partial charge >= 0.3 is 0 Å². The van der Waals surface area contributed by atoms with Gasteiger partial charge < -0.3 is 9.30 Å². The van der Waals surface area contributed by atoms with Crippen molar-refractivity contribution >= 4 is 24.9 Å². The molecule has 0 fully saturated rings. The van der Waals surface area contributed by atoms with E-state index >= 15 is 0 Å². The predicted octanol–water partition coefficient (Wildman–Crippen LogP) is 5.36. The lowest BCUT2D eigenvalue weighted by molar-refractivity contribution is 0.700. The van der Waals surface area contributed by atoms with Crippen molar-refractivity contribution in [3.05, 3.63) is 12.3 Å². The van der Waals surface area contributed by atoms with Crippen LogP contribution in [0.25, 0.3) is 0 Å². The molecule has 0 aliphatic rings. The lowest BCUT2D eigenvalue weighted by Gasteiger charge is -2.49. The molecule has 21 heavy (non-hydrogen) atoms. The average molecular weight is 345 g/mol. The molecule has 0 unspecified atom stereocenters. The van der Waals surface area contributed by atoms with Crippen molar-refractivity contribution in [2.75, 3.05) is 0 Å². The van der Waals surface area contributed by atoms with Gasteiger partial charge in [-0.05, 0) is 16.1 Å². The fourth-order valence-electron chi connectivity index (χ4n) is 1.94. The summed E-state index contributed by atoms with van der Waals surface area (Å²) in [6, 6.07) is 1.16. The van der Waals surface area contributed by atoms with Gasteiger partial charge in [-0.1, -0.05) is 80.4 Å². The fraction of sp³-hybridized carbons (Fsp3) is 0.875. The maximum absolute atomic E-state index is 4.22. The van der Waals surface area contributed by atoms with Gasteiger partial charge in [0, 0.05) is 0 Å². The lowest BCUT2D eigenvalue weighted by Crippen LogP contribution is -2.76. The molecule has 0 amide bonds. The zero-order chi connectivity index (χ0) is 17.3. The Bertz CT molecular complexity index is 335. The SMILES string of the molecule is C=C[Si](CC)(N[Si](C)(C)C(C)(C)C)N[Si](C)(C)C(C)(C)C. The molecule has 0 atom stereocenters. The highest BCUT2D eigenvalue weighted by Crippen LogP contribution is 2.37. The van der Waals surface area contributed by atoms with Gasteiger partial charge in [0.05, 0.1) is 0 Å². The minimum absolute atomic E-state index is 0.346. The van der Waals surface area contributed by atoms with E-state index in [1.165, 1.54) is 0 Å². The Hall–Kier alpha value is 0.311. The van der Waals surface area contributed by atoms with E-state index in [0.717, 1.165) is 6.04 Å². The summed E-state index contributed by atoms with van der Waals surface area (Å²) < 4.78 is 8.32. The van der Waals surface area contributed by atoms with Crippen molar-refractivity contribution in [2.24, 2.45) is 0 Å². The highest BCUT2D eigenvalue weighted by molar-refractivity contribution is 7.01. The first-order chi connectivity index (χ1) is 9.04. The molecule has 0 radical (unpaired) electrons. The minimum Gasteiger partial charge on any atom is -0.344 e. The Morgan fingerprint density at radius 1 is 0.810 bits per heavy atom. The quantitative estimate of drug-likeness (QED) is 0.633. The van der Waals surface area contributed by atoms with Gasteiger partial charge in [0.25, 0.3) is 0 Å². The molecule has 0 aromatic carbocycles. The molecule has 0 bridgehead atoms. The van der Waals surface area contributed by atoms with Crippen molar-refractivity contribution in [1.82, 2.24) is 9.30 Å². The van der Waals surface area contributed by atoms with Crippen LogP contribution < -0.4 is 9.30 Å². The molecule has 126 valence electrons. The van der Waals surface area contributed by atoms with Crippen LogP contribution in [-0.2, 0) is 0 Å². The van der Waals surface area contributed by atoms with Crippen molar-refractivity contribution in [2.45, 2.75) is 90.8 Å². The molecular weight excluding hydrogens is 304 g/mol. The van der Waals surface area contributed by atoms with Crippen LogP contribution in [0.15, 0.2) is 12.3 Å². The second kappa shape index (κ2) is 6.43. The van der Waals surface area contributed by atoms with Crippen LogP contribution in [0.1, 0.15) is 48.5 Å². The molecule has 0 saturated heterocycles. The molecule has 0 rings (SSSR count). The van der Waals surface area contributed by atoms with Crippen molar-refractivity contribution in [1.29, 1.82) is 0 Å². The highest BCUT2D eigenvalue weighted by Gasteiger charge is 2.47. The topological polar surface area (TPSA) is 24.1 Å². The molecule has 0 aromatic heterocycles. The van der Waals surface area contributed by atoms with E-state index in [1.54, 1.807) is 0 Å². The van der Waals surface area contributed by atoms with E-state index in [4.69, 9.17) is 0 Å². The summed E-state index contributed by atoms with van der Waals surface area (Å²) in [7, 11) is -4.93. The first kappa shape index (κ1) is 21.3. The number of hydrogen-bond acceptors (Lipinski definition) is 2. The van der Waals surface area contributed by atoms with Crippen molar-refractivity contribution in [3.8, 4) is 0 Å². The van der Waals surface area contributed by atoms with Gasteiger partial charge in [-0.25, -0.2) is 0 Å². The molecule has 2 nitrogen and oxygen atoms in total. The standard InChI is InChI=1S/C16H40N2Si3/c1-13-21(14-2,17-19(9,10)15(3,4)5)18-20(11,12)16(6,7)8/h13,17-18H,1,14H2,2-12H3. The van der Waals surface area contributed by atoms with Crippen LogP contribution in [0.2, 0.25) is 42.3 Å². The van der Waals surface area contributed by atoms with Crippen LogP contribution in [0, 0.1) is 0 Å². The van der Waals surface area contributed by atoms with Crippen LogP contribution in [-0.4, -0.2) is 24.9 Å². The number of nitrogens with one attached hydrogen (secondary N) is 2. The molecule has 0 aliphatic carbocycles. The molecular formula is C16H40N2Si3. The third-order valence-corrected chi connectivity index (χ3v) is 23.6. The van der Waals surface area contributed by atoms with E-state index in [1.807, 2.05) is 0 Å². The molecule has 0 aliphatic heterocycles. The van der Waals surface area contributed by atoms with Crippen molar-refractivity contribution < 1.29 is 0 Å². The van der Waals surface area contributed by atoms with Gasteiger partial charge in [-0.2, -0.15) is 0 Å². The summed E-state index contributed by atoms with van der Waals surface area (Å²) in [6.07, 6.45) is 0. The fourth-order valence-corrected chi connectivity index (χ4v) is 17.2. The first-order valence-corrected chi connectivity index (χ1v) is 16.5. The maximum atomic E-state index is 4.22.